The quantitative estimate of drug-likeness (QED) is 0.0716. The van der Waals surface area contributed by atoms with E-state index >= 15 is 0 Å². The van der Waals surface area contributed by atoms with E-state index in [1.807, 2.05) is 65.8 Å². The maximum absolute atomic E-state index is 13.2. The predicted molar refractivity (Wildman–Crippen MR) is 296 cm³/mol. The van der Waals surface area contributed by atoms with Gasteiger partial charge in [-0.05, 0) is 178 Å². The van der Waals surface area contributed by atoms with Crippen LogP contribution in [0, 0.1) is 25.7 Å². The maximum atomic E-state index is 13.2. The van der Waals surface area contributed by atoms with Crippen molar-refractivity contribution in [2.24, 2.45) is 17.6 Å². The molecule has 1 amide bonds. The Bertz CT molecular complexity index is 3240. The summed E-state index contributed by atoms with van der Waals surface area (Å²) in [6, 6.07) is 20.3. The second-order valence-corrected chi connectivity index (χ2v) is 26.5. The average Bonchev–Trinajstić information content (AvgIpc) is 4.22. The van der Waals surface area contributed by atoms with Crippen LogP contribution in [0.25, 0.3) is 22.9 Å². The van der Waals surface area contributed by atoms with E-state index in [9.17, 15) is 36.0 Å². The highest BCUT2D eigenvalue weighted by molar-refractivity contribution is 7.91. The van der Waals surface area contributed by atoms with Gasteiger partial charge in [-0.3, -0.25) is 24.4 Å². The van der Waals surface area contributed by atoms with Gasteiger partial charge in [-0.2, -0.15) is 0 Å². The van der Waals surface area contributed by atoms with E-state index in [0.717, 1.165) is 11.1 Å². The zero-order valence-corrected chi connectivity index (χ0v) is 47.7. The number of sulfone groups is 2. The number of carboxylic acids is 1. The first-order valence-electron chi connectivity index (χ1n) is 26.2. The summed E-state index contributed by atoms with van der Waals surface area (Å²) in [5.74, 6) is -0.917. The van der Waals surface area contributed by atoms with Crippen LogP contribution in [0.3, 0.4) is 0 Å². The van der Waals surface area contributed by atoms with Gasteiger partial charge < -0.3 is 34.5 Å². The lowest BCUT2D eigenvalue weighted by atomic mass is 10.0. The normalized spacial score (nSPS) is 17.4. The molecule has 6 aromatic rings. The molecule has 0 saturated heterocycles. The number of rotatable bonds is 17. The van der Waals surface area contributed by atoms with Crippen molar-refractivity contribution in [3.8, 4) is 22.9 Å². The van der Waals surface area contributed by atoms with Crippen molar-refractivity contribution in [3.05, 3.63) is 143 Å². The highest BCUT2D eigenvalue weighted by atomic mass is 32.2. The van der Waals surface area contributed by atoms with Gasteiger partial charge in [0.05, 0.1) is 39.0 Å². The molecule has 4 N–H and O–H groups in total. The molecule has 0 bridgehead atoms. The van der Waals surface area contributed by atoms with Crippen LogP contribution in [0.4, 0.5) is 0 Å². The smallest absolute Gasteiger partial charge is 0.335 e. The standard InChI is InChI=1S/C29H35N3O6S.C23H29NO7S.C6H8N2/c1-19-25(18-39(35,36)24-12-7-20(14-24)15-26(33)38-29(2,3)4)32-28(37-19)23-10-8-22(9-11-23)27(34)31-17-21-6-5-13-30-16-21;1-14-19(24-21(30-14)16-6-8-17(9-7-16)22(26)27)13-32(28,29)18-10-5-15(11-18)12-20(25)31-23(2,3)4;7-4-6-2-1-3-8-5-6/h5-6,8-11,13,16,20,24H,7,12,14-15,17-18H2,1-4H3,(H,31,34);6-9,15,18H,5,10-13H2,1-4H3,(H,26,27);1-3,5H,4,7H2/t20-,24-;15-,18-;/m00./s1. The maximum Gasteiger partial charge on any atom is 0.335 e. The van der Waals surface area contributed by atoms with Crippen molar-refractivity contribution in [1.29, 1.82) is 0 Å². The number of hydrogen-bond acceptors (Lipinski definition) is 17. The SMILES string of the molecule is Cc1oc(-c2ccc(C(=O)NCc3cccnc3)cc2)nc1CS(=O)(=O)[C@H]1CC[C@H](CC(=O)OC(C)(C)C)C1.Cc1oc(-c2ccc(C(=O)O)cc2)nc1CS(=O)(=O)[C@H]1CC[C@H](CC(=O)OC(C)(C)C)C1.NCc1cccnc1. The number of ether oxygens (including phenoxy) is 2. The molecule has 4 atom stereocenters. The average molecular weight is 1130 g/mol. The monoisotopic (exact) mass is 1120 g/mol. The van der Waals surface area contributed by atoms with Gasteiger partial charge in [0, 0.05) is 67.4 Å². The van der Waals surface area contributed by atoms with Crippen molar-refractivity contribution in [2.45, 2.75) is 153 Å². The van der Waals surface area contributed by atoms with Gasteiger partial charge in [0.25, 0.3) is 5.91 Å². The summed E-state index contributed by atoms with van der Waals surface area (Å²) in [4.78, 5) is 64.5. The number of esters is 2. The number of carboxylic acid groups (broad SMARTS) is 1. The summed E-state index contributed by atoms with van der Waals surface area (Å²) in [6.07, 6.45) is 10.6. The van der Waals surface area contributed by atoms with E-state index in [2.05, 4.69) is 25.3 Å². The summed E-state index contributed by atoms with van der Waals surface area (Å²) in [5.41, 5.74) is 8.72. The Morgan fingerprint density at radius 2 is 1.05 bits per heavy atom. The number of aryl methyl sites for hydroxylation is 2. The topological polar surface area (TPSA) is 291 Å². The lowest BCUT2D eigenvalue weighted by Crippen LogP contribution is -2.25. The number of pyridine rings is 2. The van der Waals surface area contributed by atoms with Crippen LogP contribution < -0.4 is 11.1 Å². The van der Waals surface area contributed by atoms with E-state index in [-0.39, 0.29) is 65.5 Å². The van der Waals surface area contributed by atoms with Crippen molar-refractivity contribution in [2.75, 3.05) is 0 Å². The number of aromatic nitrogens is 4. The number of nitrogens with two attached hydrogens (primary N) is 1. The number of amides is 1. The van der Waals surface area contributed by atoms with Gasteiger partial charge in [0.15, 0.2) is 19.7 Å². The first-order valence-corrected chi connectivity index (χ1v) is 29.6. The fraction of sp³-hybridized carbons (Fsp3) is 0.448. The molecule has 79 heavy (non-hydrogen) atoms. The molecule has 2 aliphatic rings. The molecule has 2 fully saturated rings. The summed E-state index contributed by atoms with van der Waals surface area (Å²) < 4.78 is 74.6. The van der Waals surface area contributed by atoms with Crippen molar-refractivity contribution >= 4 is 43.5 Å². The van der Waals surface area contributed by atoms with E-state index in [0.29, 0.717) is 97.1 Å². The van der Waals surface area contributed by atoms with Crippen LogP contribution in [0.1, 0.15) is 148 Å². The molecule has 4 heterocycles. The molecule has 0 radical (unpaired) electrons. The van der Waals surface area contributed by atoms with Gasteiger partial charge >= 0.3 is 17.9 Å². The van der Waals surface area contributed by atoms with E-state index in [4.69, 9.17) is 29.1 Å². The minimum absolute atomic E-state index is 0.00586. The lowest BCUT2D eigenvalue weighted by molar-refractivity contribution is -0.157. The molecule has 4 aromatic heterocycles. The molecule has 2 aliphatic carbocycles. The highest BCUT2D eigenvalue weighted by Crippen LogP contribution is 2.37. The van der Waals surface area contributed by atoms with Crippen LogP contribution in [0.2, 0.25) is 0 Å². The zero-order valence-electron chi connectivity index (χ0n) is 46.1. The number of nitrogens with one attached hydrogen (secondary N) is 1. The minimum atomic E-state index is -3.49. The fourth-order valence-corrected chi connectivity index (χ4v) is 13.0. The molecule has 0 unspecified atom stereocenters. The highest BCUT2D eigenvalue weighted by Gasteiger charge is 2.38. The molecule has 0 spiro atoms. The lowest BCUT2D eigenvalue weighted by Gasteiger charge is -2.20. The number of carbonyl (C=O) groups excluding carboxylic acids is 3. The molecule has 2 aromatic carbocycles. The molecule has 8 rings (SSSR count). The van der Waals surface area contributed by atoms with Crippen LogP contribution in [-0.4, -0.2) is 87.4 Å². The fourth-order valence-electron chi connectivity index (χ4n) is 9.13. The number of carbonyl (C=O) groups is 4. The Hall–Kier alpha value is -7.10. The molecular weight excluding hydrogens is 1050 g/mol. The molecule has 424 valence electrons. The van der Waals surface area contributed by atoms with Crippen LogP contribution in [0.15, 0.2) is 106 Å². The summed E-state index contributed by atoms with van der Waals surface area (Å²) in [5, 5.41) is 10.8. The summed E-state index contributed by atoms with van der Waals surface area (Å²) in [7, 11) is -6.97. The van der Waals surface area contributed by atoms with E-state index in [1.54, 1.807) is 75.0 Å². The van der Waals surface area contributed by atoms with Gasteiger partial charge in [-0.1, -0.05) is 12.1 Å². The van der Waals surface area contributed by atoms with Crippen LogP contribution in [-0.2, 0) is 63.3 Å². The number of nitrogens with zero attached hydrogens (tertiary/aromatic N) is 4. The third-order valence-electron chi connectivity index (χ3n) is 13.1. The third kappa shape index (κ3) is 18.8. The van der Waals surface area contributed by atoms with Crippen molar-refractivity contribution in [1.82, 2.24) is 25.3 Å². The second kappa shape index (κ2) is 26.7. The summed E-state index contributed by atoms with van der Waals surface area (Å²) >= 11 is 0. The second-order valence-electron chi connectivity index (χ2n) is 21.9. The zero-order chi connectivity index (χ0) is 57.7. The third-order valence-corrected chi connectivity index (χ3v) is 17.4. The largest absolute Gasteiger partial charge is 0.478 e. The number of aromatic carboxylic acids is 1. The summed E-state index contributed by atoms with van der Waals surface area (Å²) in [6.45, 7) is 15.2. The van der Waals surface area contributed by atoms with Crippen molar-refractivity contribution in [3.63, 3.8) is 0 Å². The predicted octanol–water partition coefficient (Wildman–Crippen LogP) is 9.49. The van der Waals surface area contributed by atoms with Gasteiger partial charge in [-0.25, -0.2) is 31.6 Å². The number of oxazole rings is 2. The first-order chi connectivity index (χ1) is 37.2. The van der Waals surface area contributed by atoms with Crippen molar-refractivity contribution < 1.29 is 59.4 Å². The minimum Gasteiger partial charge on any atom is -0.478 e. The Kier molecular flexibility index (Phi) is 20.7. The molecular formula is C58H72N6O13S2. The molecule has 19 nitrogen and oxygen atoms in total. The van der Waals surface area contributed by atoms with Gasteiger partial charge in [0.1, 0.15) is 22.7 Å². The molecule has 0 aliphatic heterocycles. The Balaban J connectivity index is 0.000000226. The van der Waals surface area contributed by atoms with Crippen LogP contribution >= 0.6 is 0 Å². The number of hydrogen-bond donors (Lipinski definition) is 3. The first kappa shape index (κ1) is 61.1. The van der Waals surface area contributed by atoms with Crippen LogP contribution in [0.5, 0.6) is 0 Å². The van der Waals surface area contributed by atoms with Gasteiger partial charge in [0.2, 0.25) is 11.8 Å². The molecule has 2 saturated carbocycles. The van der Waals surface area contributed by atoms with E-state index < -0.39 is 47.3 Å². The molecule has 21 heteroatoms. The Labute approximate surface area is 462 Å². The van der Waals surface area contributed by atoms with Gasteiger partial charge in [-0.15, -0.1) is 0 Å². The Morgan fingerprint density at radius 1 is 0.633 bits per heavy atom. The Morgan fingerprint density at radius 3 is 1.42 bits per heavy atom. The number of benzene rings is 2. The van der Waals surface area contributed by atoms with E-state index in [1.165, 1.54) is 12.1 Å².